The van der Waals surface area contributed by atoms with Crippen LogP contribution in [0.1, 0.15) is 22.8 Å². The Balaban J connectivity index is 2.45. The maximum atomic E-state index is 12.1. The van der Waals surface area contributed by atoms with E-state index in [0.29, 0.717) is 5.56 Å². The van der Waals surface area contributed by atoms with Crippen molar-refractivity contribution < 1.29 is 24.5 Å². The summed E-state index contributed by atoms with van der Waals surface area (Å²) >= 11 is 5.80. The molecule has 0 radical (unpaired) electrons. The van der Waals surface area contributed by atoms with Gasteiger partial charge < -0.3 is 14.9 Å². The lowest BCUT2D eigenvalue weighted by atomic mass is 10.1. The Kier molecular flexibility index (Phi) is 6.46. The summed E-state index contributed by atoms with van der Waals surface area (Å²) < 4.78 is 4.89. The summed E-state index contributed by atoms with van der Waals surface area (Å²) in [6.45, 7) is 1.70. The topological polar surface area (TPSA) is 109 Å². The number of aromatic carboxylic acids is 1. The van der Waals surface area contributed by atoms with Crippen molar-refractivity contribution in [1.29, 1.82) is 0 Å². The number of rotatable bonds is 6. The maximum Gasteiger partial charge on any atom is 0.362 e. The molecule has 0 aliphatic heterocycles. The minimum Gasteiger partial charge on any atom is -0.505 e. The van der Waals surface area contributed by atoms with Crippen LogP contribution in [0.5, 0.6) is 0 Å². The van der Waals surface area contributed by atoms with E-state index in [4.69, 9.17) is 21.4 Å². The maximum absolute atomic E-state index is 12.1. The van der Waals surface area contributed by atoms with Gasteiger partial charge in [-0.25, -0.2) is 9.59 Å². The van der Waals surface area contributed by atoms with Gasteiger partial charge in [-0.3, -0.25) is 0 Å². The second-order valence-electron chi connectivity index (χ2n) is 4.95. The third kappa shape index (κ3) is 4.67. The molecule has 0 heterocycles. The minimum absolute atomic E-state index is 0.0461. The summed E-state index contributed by atoms with van der Waals surface area (Å²) in [5, 5.41) is 27.1. The lowest BCUT2D eigenvalue weighted by molar-refractivity contribution is -0.138. The summed E-state index contributed by atoms with van der Waals surface area (Å²) in [6.07, 6.45) is 0. The molecule has 0 aromatic heterocycles. The highest BCUT2D eigenvalue weighted by molar-refractivity contribution is 6.33. The van der Waals surface area contributed by atoms with Crippen LogP contribution in [0.4, 0.5) is 5.69 Å². The van der Waals surface area contributed by atoms with E-state index in [0.717, 1.165) is 0 Å². The Labute approximate surface area is 154 Å². The molecule has 7 nitrogen and oxygen atoms in total. The zero-order valence-corrected chi connectivity index (χ0v) is 14.5. The molecular weight excluding hydrogens is 360 g/mol. The summed E-state index contributed by atoms with van der Waals surface area (Å²) in [6, 6.07) is 12.3. The number of carbonyl (C=O) groups excluding carboxylic acids is 1. The number of hydrogen-bond acceptors (Lipinski definition) is 6. The van der Waals surface area contributed by atoms with Crippen molar-refractivity contribution >= 4 is 35.0 Å². The first-order valence-corrected chi connectivity index (χ1v) is 7.92. The SMILES string of the molecule is CCOC(=O)/C(N=Nc1ccc(Cl)c(C(=O)O)c1)=C(\O)c1ccccc1. The zero-order chi connectivity index (χ0) is 19.1. The Morgan fingerprint density at radius 3 is 2.42 bits per heavy atom. The summed E-state index contributed by atoms with van der Waals surface area (Å²) in [4.78, 5) is 23.2. The van der Waals surface area contributed by atoms with Crippen LogP contribution in [0, 0.1) is 0 Å². The first-order chi connectivity index (χ1) is 12.4. The molecule has 26 heavy (non-hydrogen) atoms. The van der Waals surface area contributed by atoms with E-state index in [9.17, 15) is 14.7 Å². The quantitative estimate of drug-likeness (QED) is 0.332. The van der Waals surface area contributed by atoms with Crippen LogP contribution in [0.15, 0.2) is 64.5 Å². The molecule has 2 rings (SSSR count). The lowest BCUT2D eigenvalue weighted by Crippen LogP contribution is -2.08. The van der Waals surface area contributed by atoms with Crippen LogP contribution >= 0.6 is 11.6 Å². The fourth-order valence-electron chi connectivity index (χ4n) is 1.96. The summed E-state index contributed by atoms with van der Waals surface area (Å²) in [7, 11) is 0. The van der Waals surface area contributed by atoms with Crippen LogP contribution in [0.25, 0.3) is 5.76 Å². The van der Waals surface area contributed by atoms with Gasteiger partial charge in [-0.1, -0.05) is 41.9 Å². The summed E-state index contributed by atoms with van der Waals surface area (Å²) in [5.41, 5.74) is -0.0479. The average molecular weight is 375 g/mol. The number of carboxylic acids is 1. The van der Waals surface area contributed by atoms with Crippen molar-refractivity contribution in [3.63, 3.8) is 0 Å². The van der Waals surface area contributed by atoms with Gasteiger partial charge in [-0.15, -0.1) is 5.11 Å². The van der Waals surface area contributed by atoms with E-state index in [2.05, 4.69) is 10.2 Å². The standard InChI is InChI=1S/C18H15ClN2O5/c1-2-26-18(25)15(16(22)11-6-4-3-5-7-11)21-20-12-8-9-14(19)13(10-12)17(23)24/h3-10,22H,2H2,1H3,(H,23,24)/b16-15+,21-20?. The number of azo groups is 1. The smallest absolute Gasteiger partial charge is 0.362 e. The molecule has 0 saturated heterocycles. The molecule has 0 amide bonds. The van der Waals surface area contributed by atoms with E-state index < -0.39 is 23.4 Å². The van der Waals surface area contributed by atoms with Crippen LogP contribution in [-0.2, 0) is 9.53 Å². The Hall–Kier alpha value is -3.19. The van der Waals surface area contributed by atoms with Gasteiger partial charge in [0.15, 0.2) is 5.76 Å². The number of aliphatic hydroxyl groups excluding tert-OH is 1. The lowest BCUT2D eigenvalue weighted by Gasteiger charge is -2.06. The second-order valence-corrected chi connectivity index (χ2v) is 5.36. The van der Waals surface area contributed by atoms with Gasteiger partial charge in [-0.2, -0.15) is 5.11 Å². The highest BCUT2D eigenvalue weighted by Gasteiger charge is 2.18. The van der Waals surface area contributed by atoms with Crippen LogP contribution < -0.4 is 0 Å². The molecule has 0 bridgehead atoms. The van der Waals surface area contributed by atoms with Crippen molar-refractivity contribution in [1.82, 2.24) is 0 Å². The number of halogens is 1. The zero-order valence-electron chi connectivity index (χ0n) is 13.7. The number of carboxylic acid groups (broad SMARTS) is 1. The fourth-order valence-corrected chi connectivity index (χ4v) is 2.16. The number of carbonyl (C=O) groups is 2. The van der Waals surface area contributed by atoms with Gasteiger partial charge in [0.1, 0.15) is 0 Å². The van der Waals surface area contributed by atoms with Crippen LogP contribution in [0.3, 0.4) is 0 Å². The molecule has 2 aromatic carbocycles. The van der Waals surface area contributed by atoms with Crippen molar-refractivity contribution in [3.8, 4) is 0 Å². The summed E-state index contributed by atoms with van der Waals surface area (Å²) in [5.74, 6) is -2.48. The van der Waals surface area contributed by atoms with E-state index in [-0.39, 0.29) is 22.9 Å². The van der Waals surface area contributed by atoms with E-state index in [1.54, 1.807) is 37.3 Å². The first-order valence-electron chi connectivity index (χ1n) is 7.54. The molecule has 0 saturated carbocycles. The fraction of sp³-hybridized carbons (Fsp3) is 0.111. The van der Waals surface area contributed by atoms with Gasteiger partial charge in [-0.05, 0) is 25.1 Å². The van der Waals surface area contributed by atoms with Gasteiger partial charge in [0.25, 0.3) is 0 Å². The van der Waals surface area contributed by atoms with Gasteiger partial charge in [0.05, 0.1) is 22.9 Å². The minimum atomic E-state index is -1.22. The molecule has 8 heteroatoms. The van der Waals surface area contributed by atoms with Crippen LogP contribution in [-0.4, -0.2) is 28.8 Å². The van der Waals surface area contributed by atoms with Crippen molar-refractivity contribution in [2.45, 2.75) is 6.92 Å². The van der Waals surface area contributed by atoms with Crippen molar-refractivity contribution in [3.05, 3.63) is 70.4 Å². The van der Waals surface area contributed by atoms with Gasteiger partial charge in [0, 0.05) is 5.56 Å². The highest BCUT2D eigenvalue weighted by Crippen LogP contribution is 2.25. The molecular formula is C18H15ClN2O5. The Bertz CT molecular complexity index is 878. The van der Waals surface area contributed by atoms with Crippen molar-refractivity contribution in [2.24, 2.45) is 10.2 Å². The third-order valence-corrected chi connectivity index (χ3v) is 3.52. The van der Waals surface area contributed by atoms with E-state index >= 15 is 0 Å². The molecule has 0 atom stereocenters. The second kappa shape index (κ2) is 8.77. The number of hydrogen-bond donors (Lipinski definition) is 2. The number of ether oxygens (including phenoxy) is 1. The number of nitrogens with zero attached hydrogens (tertiary/aromatic N) is 2. The normalized spacial score (nSPS) is 11.9. The molecule has 2 aromatic rings. The molecule has 2 N–H and O–H groups in total. The molecule has 0 spiro atoms. The first kappa shape index (κ1) is 19.1. The largest absolute Gasteiger partial charge is 0.505 e. The van der Waals surface area contributed by atoms with E-state index in [1.165, 1.54) is 18.2 Å². The van der Waals surface area contributed by atoms with Crippen molar-refractivity contribution in [2.75, 3.05) is 6.61 Å². The van der Waals surface area contributed by atoms with Gasteiger partial charge in [0.2, 0.25) is 5.70 Å². The molecule has 0 fully saturated rings. The predicted octanol–water partition coefficient (Wildman–Crippen LogP) is 4.61. The molecule has 134 valence electrons. The average Bonchev–Trinajstić information content (AvgIpc) is 2.63. The number of aliphatic hydroxyl groups is 1. The van der Waals surface area contributed by atoms with E-state index in [1.807, 2.05) is 0 Å². The Morgan fingerprint density at radius 1 is 1.12 bits per heavy atom. The molecule has 0 unspecified atom stereocenters. The van der Waals surface area contributed by atoms with Gasteiger partial charge >= 0.3 is 11.9 Å². The molecule has 0 aliphatic carbocycles. The Morgan fingerprint density at radius 2 is 1.81 bits per heavy atom. The van der Waals surface area contributed by atoms with Crippen LogP contribution in [0.2, 0.25) is 5.02 Å². The monoisotopic (exact) mass is 374 g/mol. The predicted molar refractivity (Wildman–Crippen MR) is 95.6 cm³/mol. The molecule has 0 aliphatic rings. The highest BCUT2D eigenvalue weighted by atomic mass is 35.5. The third-order valence-electron chi connectivity index (χ3n) is 3.19. The number of esters is 1. The number of benzene rings is 2.